The predicted molar refractivity (Wildman–Crippen MR) is 72.4 cm³/mol. The highest BCUT2D eigenvalue weighted by atomic mass is 19.4. The molecule has 0 atom stereocenters. The molecule has 2 aromatic rings. The van der Waals surface area contributed by atoms with Crippen molar-refractivity contribution in [2.75, 3.05) is 13.6 Å². The van der Waals surface area contributed by atoms with E-state index < -0.39 is 28.4 Å². The molecule has 2 rings (SSSR count). The molecule has 8 heteroatoms. The van der Waals surface area contributed by atoms with E-state index in [1.807, 2.05) is 0 Å². The van der Waals surface area contributed by atoms with Crippen molar-refractivity contribution >= 4 is 10.9 Å². The third-order valence-corrected chi connectivity index (χ3v) is 3.12. The molecule has 1 heterocycles. The molecule has 0 aliphatic rings. The van der Waals surface area contributed by atoms with Crippen molar-refractivity contribution in [1.82, 2.24) is 14.9 Å². The number of H-pyrrole nitrogens is 1. The summed E-state index contributed by atoms with van der Waals surface area (Å²) in [6, 6.07) is 3.27. The van der Waals surface area contributed by atoms with Crippen LogP contribution in [0, 0.1) is 0 Å². The van der Waals surface area contributed by atoms with Gasteiger partial charge in [0.25, 0.3) is 5.56 Å². The van der Waals surface area contributed by atoms with Gasteiger partial charge in [-0.2, -0.15) is 13.2 Å². The minimum atomic E-state index is -4.65. The van der Waals surface area contributed by atoms with Crippen LogP contribution in [0.3, 0.4) is 0 Å². The molecule has 0 aliphatic carbocycles. The Morgan fingerprint density at radius 3 is 2.62 bits per heavy atom. The lowest BCUT2D eigenvalue weighted by molar-refractivity contribution is -0.136. The van der Waals surface area contributed by atoms with E-state index in [1.54, 1.807) is 7.05 Å². The highest BCUT2D eigenvalue weighted by molar-refractivity contribution is 5.81. The molecule has 114 valence electrons. The van der Waals surface area contributed by atoms with Crippen LogP contribution in [-0.2, 0) is 12.7 Å². The normalized spacial score (nSPS) is 12.0. The second kappa shape index (κ2) is 5.72. The molecule has 0 amide bonds. The van der Waals surface area contributed by atoms with E-state index >= 15 is 0 Å². The van der Waals surface area contributed by atoms with Crippen LogP contribution in [0.2, 0.25) is 0 Å². The maximum atomic E-state index is 13.0. The maximum absolute atomic E-state index is 13.0. The summed E-state index contributed by atoms with van der Waals surface area (Å²) in [7, 11) is 1.70. The van der Waals surface area contributed by atoms with E-state index in [1.165, 1.54) is 6.07 Å². The number of aromatic amines is 1. The van der Waals surface area contributed by atoms with Gasteiger partial charge in [0.05, 0.1) is 16.5 Å². The van der Waals surface area contributed by atoms with Crippen molar-refractivity contribution in [2.24, 2.45) is 0 Å². The number of hydrogen-bond donors (Lipinski definition) is 2. The number of halogens is 3. The molecule has 5 nitrogen and oxygen atoms in total. The molecule has 1 aromatic heterocycles. The second-order valence-electron chi connectivity index (χ2n) is 4.57. The Hall–Kier alpha value is -2.09. The second-order valence-corrected chi connectivity index (χ2v) is 4.57. The van der Waals surface area contributed by atoms with Crippen molar-refractivity contribution in [2.45, 2.75) is 19.1 Å². The summed E-state index contributed by atoms with van der Waals surface area (Å²) < 4.78 is 39.8. The van der Waals surface area contributed by atoms with Crippen molar-refractivity contribution in [3.8, 4) is 0 Å². The van der Waals surface area contributed by atoms with Crippen LogP contribution in [0.1, 0.15) is 12.0 Å². The SMILES string of the molecule is CNCCCn1c(=O)[nH]c2cccc(C(F)(F)F)c2c1=O. The van der Waals surface area contributed by atoms with Gasteiger partial charge in [-0.3, -0.25) is 9.36 Å². The van der Waals surface area contributed by atoms with E-state index in [9.17, 15) is 22.8 Å². The summed E-state index contributed by atoms with van der Waals surface area (Å²) in [6.07, 6.45) is -4.20. The molecule has 0 bridgehead atoms. The number of alkyl halides is 3. The molecular weight excluding hydrogens is 287 g/mol. The summed E-state index contributed by atoms with van der Waals surface area (Å²) in [6.45, 7) is 0.599. The summed E-state index contributed by atoms with van der Waals surface area (Å²) in [5, 5.41) is 2.34. The van der Waals surface area contributed by atoms with Gasteiger partial charge in [-0.25, -0.2) is 4.79 Å². The lowest BCUT2D eigenvalue weighted by Crippen LogP contribution is -2.36. The number of benzene rings is 1. The van der Waals surface area contributed by atoms with E-state index in [-0.39, 0.29) is 12.1 Å². The molecule has 1 aromatic carbocycles. The van der Waals surface area contributed by atoms with Gasteiger partial charge in [0, 0.05) is 6.54 Å². The fourth-order valence-corrected chi connectivity index (χ4v) is 2.15. The fraction of sp³-hybridized carbons (Fsp3) is 0.385. The zero-order valence-electron chi connectivity index (χ0n) is 11.3. The minimum absolute atomic E-state index is 0.0527. The quantitative estimate of drug-likeness (QED) is 0.837. The highest BCUT2D eigenvalue weighted by Gasteiger charge is 2.34. The van der Waals surface area contributed by atoms with Gasteiger partial charge in [-0.05, 0) is 32.1 Å². The first kappa shape index (κ1) is 15.3. The molecule has 0 saturated carbocycles. The van der Waals surface area contributed by atoms with Crippen molar-refractivity contribution in [3.05, 3.63) is 44.6 Å². The first-order chi connectivity index (χ1) is 9.86. The average molecular weight is 301 g/mol. The van der Waals surface area contributed by atoms with E-state index in [2.05, 4.69) is 10.3 Å². The monoisotopic (exact) mass is 301 g/mol. The fourth-order valence-electron chi connectivity index (χ4n) is 2.15. The number of hydrogen-bond acceptors (Lipinski definition) is 3. The zero-order chi connectivity index (χ0) is 15.6. The molecule has 0 unspecified atom stereocenters. The van der Waals surface area contributed by atoms with E-state index in [0.717, 1.165) is 16.7 Å². The van der Waals surface area contributed by atoms with Crippen molar-refractivity contribution in [1.29, 1.82) is 0 Å². The predicted octanol–water partition coefficient (Wildman–Crippen LogP) is 1.32. The largest absolute Gasteiger partial charge is 0.417 e. The summed E-state index contributed by atoms with van der Waals surface area (Å²) in [5.74, 6) is 0. The van der Waals surface area contributed by atoms with Crippen LogP contribution in [0.4, 0.5) is 13.2 Å². The average Bonchev–Trinajstić information content (AvgIpc) is 2.40. The Labute approximate surface area is 117 Å². The smallest absolute Gasteiger partial charge is 0.320 e. The minimum Gasteiger partial charge on any atom is -0.320 e. The van der Waals surface area contributed by atoms with E-state index in [4.69, 9.17) is 0 Å². The lowest BCUT2D eigenvalue weighted by atomic mass is 10.1. The molecule has 2 N–H and O–H groups in total. The van der Waals surface area contributed by atoms with Crippen LogP contribution in [0.15, 0.2) is 27.8 Å². The Morgan fingerprint density at radius 1 is 1.29 bits per heavy atom. The maximum Gasteiger partial charge on any atom is 0.417 e. The molecule has 0 saturated heterocycles. The summed E-state index contributed by atoms with van der Waals surface area (Å²) in [5.41, 5.74) is -2.77. The number of rotatable bonds is 4. The van der Waals surface area contributed by atoms with Gasteiger partial charge >= 0.3 is 11.9 Å². The third-order valence-electron chi connectivity index (χ3n) is 3.12. The zero-order valence-corrected chi connectivity index (χ0v) is 11.3. The van der Waals surface area contributed by atoms with E-state index in [0.29, 0.717) is 13.0 Å². The van der Waals surface area contributed by atoms with Crippen LogP contribution in [0.5, 0.6) is 0 Å². The number of nitrogens with one attached hydrogen (secondary N) is 2. The molecule has 21 heavy (non-hydrogen) atoms. The number of aromatic nitrogens is 2. The number of nitrogens with zero attached hydrogens (tertiary/aromatic N) is 1. The first-order valence-electron chi connectivity index (χ1n) is 6.34. The third kappa shape index (κ3) is 2.99. The first-order valence-corrected chi connectivity index (χ1v) is 6.34. The Morgan fingerprint density at radius 2 is 2.00 bits per heavy atom. The highest BCUT2D eigenvalue weighted by Crippen LogP contribution is 2.32. The molecule has 0 aliphatic heterocycles. The number of fused-ring (bicyclic) bond motifs is 1. The molecular formula is C13H14F3N3O2. The molecule has 0 radical (unpaired) electrons. The van der Waals surface area contributed by atoms with Crippen molar-refractivity contribution < 1.29 is 13.2 Å². The lowest BCUT2D eigenvalue weighted by Gasteiger charge is -2.11. The standard InChI is InChI=1S/C13H14F3N3O2/c1-17-6-3-7-19-11(20)10-8(13(14,15)16)4-2-5-9(10)18-12(19)21/h2,4-5,17H,3,6-7H2,1H3,(H,18,21). The summed E-state index contributed by atoms with van der Waals surface area (Å²) >= 11 is 0. The van der Waals surface area contributed by atoms with Gasteiger partial charge in [0.2, 0.25) is 0 Å². The summed E-state index contributed by atoms with van der Waals surface area (Å²) in [4.78, 5) is 26.4. The topological polar surface area (TPSA) is 66.9 Å². The molecule has 0 fully saturated rings. The Kier molecular flexibility index (Phi) is 4.17. The van der Waals surface area contributed by atoms with Crippen molar-refractivity contribution in [3.63, 3.8) is 0 Å². The van der Waals surface area contributed by atoms with Gasteiger partial charge < -0.3 is 10.3 Å². The van der Waals surface area contributed by atoms with Crippen LogP contribution < -0.4 is 16.6 Å². The van der Waals surface area contributed by atoms with Gasteiger partial charge in [0.1, 0.15) is 0 Å². The Balaban J connectivity index is 2.68. The van der Waals surface area contributed by atoms with Gasteiger partial charge in [0.15, 0.2) is 0 Å². The van der Waals surface area contributed by atoms with Gasteiger partial charge in [-0.15, -0.1) is 0 Å². The van der Waals surface area contributed by atoms with Gasteiger partial charge in [-0.1, -0.05) is 6.07 Å². The van der Waals surface area contributed by atoms with Crippen LogP contribution in [-0.4, -0.2) is 23.1 Å². The van der Waals surface area contributed by atoms with Crippen LogP contribution in [0.25, 0.3) is 10.9 Å². The molecule has 0 spiro atoms. The Bertz CT molecular complexity index is 762. The van der Waals surface area contributed by atoms with Crippen LogP contribution >= 0.6 is 0 Å².